The monoisotopic (exact) mass is 468 g/mol. The van der Waals surface area contributed by atoms with E-state index in [-0.39, 0.29) is 120 Å². The van der Waals surface area contributed by atoms with Crippen molar-refractivity contribution in [3.05, 3.63) is 82.9 Å². The molecule has 0 spiro atoms. The van der Waals surface area contributed by atoms with Crippen LogP contribution < -0.4 is 0 Å². The Balaban J connectivity index is 0.00000171. The van der Waals surface area contributed by atoms with Crippen LogP contribution in [0.4, 0.5) is 0 Å². The minimum absolute atomic E-state index is 0. The molecule has 0 aliphatic rings. The first-order valence-corrected chi connectivity index (χ1v) is 8.82. The number of fused-ring (bicyclic) bond motifs is 2. The van der Waals surface area contributed by atoms with E-state index >= 15 is 0 Å². The second-order valence-electron chi connectivity index (χ2n) is 6.73. The molecule has 0 saturated carbocycles. The molecule has 8 heteroatoms. The van der Waals surface area contributed by atoms with Crippen LogP contribution in [0.1, 0.15) is 31.8 Å². The van der Waals surface area contributed by atoms with Crippen molar-refractivity contribution >= 4 is 136 Å². The zero-order valence-electron chi connectivity index (χ0n) is 15.1. The van der Waals surface area contributed by atoms with Crippen LogP contribution in [0.5, 0.6) is 11.5 Å². The van der Waals surface area contributed by atoms with E-state index in [1.807, 2.05) is 0 Å². The van der Waals surface area contributed by atoms with Crippen LogP contribution >= 0.6 is 0 Å². The summed E-state index contributed by atoms with van der Waals surface area (Å²) < 4.78 is 0. The van der Waals surface area contributed by atoms with Crippen molar-refractivity contribution in [1.29, 1.82) is 0 Å². The van der Waals surface area contributed by atoms with Gasteiger partial charge in [-0.2, -0.15) is 0 Å². The van der Waals surface area contributed by atoms with Crippen molar-refractivity contribution in [2.24, 2.45) is 0 Å². The molecule has 4 rings (SSSR count). The average Bonchev–Trinajstić information content (AvgIpc) is 2.70. The molecule has 4 aromatic rings. The van der Waals surface area contributed by atoms with Gasteiger partial charge in [-0.1, -0.05) is 48.5 Å². The summed E-state index contributed by atoms with van der Waals surface area (Å²) in [5.74, 6) is -3.36. The first kappa shape index (κ1) is 26.5. The van der Waals surface area contributed by atoms with Crippen molar-refractivity contribution < 1.29 is 30.0 Å². The zero-order valence-corrected chi connectivity index (χ0v) is 15.1. The Morgan fingerprint density at radius 3 is 1.35 bits per heavy atom. The van der Waals surface area contributed by atoms with E-state index in [4.69, 9.17) is 0 Å². The number of hydrogen-bond donors (Lipinski definition) is 4. The number of rotatable bonds is 4. The molecular formula is C23H18K2O6. The van der Waals surface area contributed by atoms with E-state index in [0.717, 1.165) is 0 Å². The molecule has 0 bridgehead atoms. The van der Waals surface area contributed by atoms with E-state index < -0.39 is 23.4 Å². The first-order chi connectivity index (χ1) is 13.9. The van der Waals surface area contributed by atoms with Gasteiger partial charge < -0.3 is 20.4 Å². The number of aromatic hydroxyl groups is 2. The minimum atomic E-state index is -1.28. The molecule has 0 saturated heterocycles. The van der Waals surface area contributed by atoms with Gasteiger partial charge in [0.05, 0.1) is 0 Å². The number of carboxylic acid groups (broad SMARTS) is 2. The Morgan fingerprint density at radius 2 is 1.00 bits per heavy atom. The van der Waals surface area contributed by atoms with Gasteiger partial charge in [-0.05, 0) is 33.7 Å². The van der Waals surface area contributed by atoms with E-state index in [2.05, 4.69) is 0 Å². The zero-order chi connectivity index (χ0) is 20.7. The molecule has 0 atom stereocenters. The maximum atomic E-state index is 11.6. The molecule has 6 nitrogen and oxygen atoms in total. The van der Waals surface area contributed by atoms with Gasteiger partial charge in [0, 0.05) is 17.5 Å². The van der Waals surface area contributed by atoms with Crippen molar-refractivity contribution in [3.8, 4) is 11.5 Å². The van der Waals surface area contributed by atoms with Crippen LogP contribution in [-0.2, 0) is 6.42 Å². The number of benzene rings is 4. The van der Waals surface area contributed by atoms with E-state index in [0.29, 0.717) is 32.7 Å². The third-order valence-electron chi connectivity index (χ3n) is 5.07. The SMILES string of the molecule is O=C(O)c1cc2ccccc2c(Cc2c(O)c(C(=O)O)cc3ccccc23)c1O.[KH].[KH]. The summed E-state index contributed by atoms with van der Waals surface area (Å²) >= 11 is 0. The normalized spacial score (nSPS) is 10.3. The van der Waals surface area contributed by atoms with Gasteiger partial charge in [-0.25, -0.2) is 9.59 Å². The molecule has 31 heavy (non-hydrogen) atoms. The standard InChI is InChI=1S/C23H16O6.2K.2H/c24-20-16(14-7-3-1-5-12(14)9-18(20)22(26)27)11-17-15-8-4-2-6-13(15)10-19(21(17)25)23(28)29;;;;/h1-10,24-25H,11H2,(H,26,27)(H,28,29);;;;. The molecule has 148 valence electrons. The summed E-state index contributed by atoms with van der Waals surface area (Å²) in [5, 5.41) is 42.8. The number of aromatic carboxylic acids is 2. The van der Waals surface area contributed by atoms with Crippen LogP contribution in [0, 0.1) is 0 Å². The quantitative estimate of drug-likeness (QED) is 0.342. The van der Waals surface area contributed by atoms with Crippen LogP contribution in [0.25, 0.3) is 21.5 Å². The topological polar surface area (TPSA) is 115 Å². The second kappa shape index (κ2) is 10.9. The molecule has 0 fully saturated rings. The van der Waals surface area contributed by atoms with Gasteiger partial charge in [-0.15, -0.1) is 0 Å². The van der Waals surface area contributed by atoms with Crippen molar-refractivity contribution in [3.63, 3.8) is 0 Å². The molecule has 0 amide bonds. The summed E-state index contributed by atoms with van der Waals surface area (Å²) in [6.07, 6.45) is -0.0407. The fourth-order valence-electron chi connectivity index (χ4n) is 3.68. The number of carboxylic acids is 2. The van der Waals surface area contributed by atoms with Gasteiger partial charge in [0.15, 0.2) is 0 Å². The molecule has 0 unspecified atom stereocenters. The molecule has 4 N–H and O–H groups in total. The Hall–Kier alpha value is -0.787. The molecule has 4 aromatic carbocycles. The second-order valence-corrected chi connectivity index (χ2v) is 6.73. The third-order valence-corrected chi connectivity index (χ3v) is 5.07. The fourth-order valence-corrected chi connectivity index (χ4v) is 3.68. The summed E-state index contributed by atoms with van der Waals surface area (Å²) in [5.41, 5.74) is 0.112. The van der Waals surface area contributed by atoms with Crippen molar-refractivity contribution in [1.82, 2.24) is 0 Å². The van der Waals surface area contributed by atoms with Gasteiger partial charge in [-0.3, -0.25) is 0 Å². The number of phenols is 2. The Labute approximate surface area is 262 Å². The van der Waals surface area contributed by atoms with Crippen molar-refractivity contribution in [2.45, 2.75) is 6.42 Å². The molecular weight excluding hydrogens is 450 g/mol. The summed E-state index contributed by atoms with van der Waals surface area (Å²) in [6.45, 7) is 0. The summed E-state index contributed by atoms with van der Waals surface area (Å²) in [4.78, 5) is 23.2. The molecule has 0 aromatic heterocycles. The van der Waals surface area contributed by atoms with Crippen LogP contribution in [0.3, 0.4) is 0 Å². The molecule has 0 radical (unpaired) electrons. The van der Waals surface area contributed by atoms with Crippen LogP contribution in [-0.4, -0.2) is 135 Å². The van der Waals surface area contributed by atoms with E-state index in [1.54, 1.807) is 48.5 Å². The van der Waals surface area contributed by atoms with Gasteiger partial charge in [0.1, 0.15) is 22.6 Å². The van der Waals surface area contributed by atoms with E-state index in [9.17, 15) is 30.0 Å². The van der Waals surface area contributed by atoms with Crippen LogP contribution in [0.15, 0.2) is 60.7 Å². The molecule has 0 aliphatic heterocycles. The predicted molar refractivity (Wildman–Crippen MR) is 122 cm³/mol. The maximum absolute atomic E-state index is 11.6. The van der Waals surface area contributed by atoms with Gasteiger partial charge >= 0.3 is 115 Å². The van der Waals surface area contributed by atoms with Crippen LogP contribution in [0.2, 0.25) is 0 Å². The van der Waals surface area contributed by atoms with Crippen molar-refractivity contribution in [2.75, 3.05) is 0 Å². The molecule has 0 heterocycles. The van der Waals surface area contributed by atoms with E-state index in [1.165, 1.54) is 12.1 Å². The first-order valence-electron chi connectivity index (χ1n) is 8.82. The van der Waals surface area contributed by atoms with Gasteiger partial charge in [0.25, 0.3) is 0 Å². The van der Waals surface area contributed by atoms with Gasteiger partial charge in [0.2, 0.25) is 0 Å². The Kier molecular flexibility index (Phi) is 9.29. The summed E-state index contributed by atoms with van der Waals surface area (Å²) in [6, 6.07) is 16.8. The third kappa shape index (κ3) is 5.09. The average molecular weight is 469 g/mol. The Bertz CT molecular complexity index is 1220. The fraction of sp³-hybridized carbons (Fsp3) is 0.0435. The Morgan fingerprint density at radius 1 is 0.645 bits per heavy atom. The molecule has 0 aliphatic carbocycles. The number of carbonyl (C=O) groups is 2. The summed E-state index contributed by atoms with van der Waals surface area (Å²) in [7, 11) is 0. The number of hydrogen-bond acceptors (Lipinski definition) is 4. The predicted octanol–water partition coefficient (Wildman–Crippen LogP) is 3.09.